The molecule has 0 unspecified atom stereocenters. The van der Waals surface area contributed by atoms with E-state index in [1.54, 1.807) is 29.9 Å². The van der Waals surface area contributed by atoms with Gasteiger partial charge in [0.1, 0.15) is 11.6 Å². The van der Waals surface area contributed by atoms with Gasteiger partial charge in [0, 0.05) is 30.6 Å². The van der Waals surface area contributed by atoms with Crippen LogP contribution in [0.3, 0.4) is 0 Å². The third-order valence-electron chi connectivity index (χ3n) is 4.41. The number of nitrogens with zero attached hydrogens (tertiary/aromatic N) is 5. The molecular weight excluding hydrogens is 429 g/mol. The smallest absolute Gasteiger partial charge is 0.323 e. The van der Waals surface area contributed by atoms with E-state index in [1.807, 2.05) is 20.8 Å². The van der Waals surface area contributed by atoms with Crippen LogP contribution in [0.5, 0.6) is 11.6 Å². The van der Waals surface area contributed by atoms with E-state index in [1.165, 1.54) is 30.6 Å². The third-order valence-corrected chi connectivity index (χ3v) is 4.41. The van der Waals surface area contributed by atoms with Crippen molar-refractivity contribution in [2.75, 3.05) is 10.6 Å². The number of hydrogen-bond donors (Lipinski definition) is 2. The van der Waals surface area contributed by atoms with Crippen LogP contribution >= 0.6 is 0 Å². The Bertz CT molecular complexity index is 1290. The van der Waals surface area contributed by atoms with Gasteiger partial charge in [-0.05, 0) is 39.8 Å². The SMILES string of the molecule is Cc1cc(-c2nccc(Oc3ccc(F)c(NC(=O)Nc4cnn(C(C)(C)C)c4)c3)n2)on1. The molecule has 0 bridgehead atoms. The van der Waals surface area contributed by atoms with E-state index in [0.29, 0.717) is 23.0 Å². The summed E-state index contributed by atoms with van der Waals surface area (Å²) in [7, 11) is 0. The molecule has 2 N–H and O–H groups in total. The van der Waals surface area contributed by atoms with E-state index in [9.17, 15) is 9.18 Å². The number of ether oxygens (including phenoxy) is 1. The quantitative estimate of drug-likeness (QED) is 0.440. The van der Waals surface area contributed by atoms with Gasteiger partial charge in [0.05, 0.1) is 28.8 Å². The fourth-order valence-corrected chi connectivity index (χ4v) is 2.81. The number of hydrogen-bond acceptors (Lipinski definition) is 7. The van der Waals surface area contributed by atoms with Gasteiger partial charge in [-0.2, -0.15) is 10.1 Å². The van der Waals surface area contributed by atoms with E-state index >= 15 is 0 Å². The molecule has 0 saturated carbocycles. The lowest BCUT2D eigenvalue weighted by atomic mass is 10.1. The van der Waals surface area contributed by atoms with Crippen molar-refractivity contribution in [3.05, 3.63) is 60.4 Å². The van der Waals surface area contributed by atoms with E-state index < -0.39 is 11.8 Å². The topological polar surface area (TPSA) is 120 Å². The molecule has 0 aliphatic carbocycles. The standard InChI is InChI=1S/C22H22FN7O3/c1-13-9-18(33-29-13)20-24-8-7-19(28-20)32-15-5-6-16(23)17(10-15)27-21(31)26-14-11-25-30(12-14)22(2,3)4/h5-12H,1-4H3,(H2,26,27,31). The second-order valence-corrected chi connectivity index (χ2v) is 8.22. The van der Waals surface area contributed by atoms with Gasteiger partial charge in [0.15, 0.2) is 0 Å². The first kappa shape index (κ1) is 21.9. The molecule has 1 aromatic carbocycles. The van der Waals surface area contributed by atoms with Crippen LogP contribution in [-0.4, -0.2) is 30.9 Å². The summed E-state index contributed by atoms with van der Waals surface area (Å²) in [5, 5.41) is 13.1. The lowest BCUT2D eigenvalue weighted by Crippen LogP contribution is -2.22. The molecule has 0 aliphatic rings. The number of anilines is 2. The number of urea groups is 1. The first-order chi connectivity index (χ1) is 15.7. The predicted octanol–water partition coefficient (Wildman–Crippen LogP) is 4.97. The fraction of sp³-hybridized carbons (Fsp3) is 0.227. The van der Waals surface area contributed by atoms with Crippen LogP contribution in [0.1, 0.15) is 26.5 Å². The summed E-state index contributed by atoms with van der Waals surface area (Å²) in [5.74, 6) is 0.550. The van der Waals surface area contributed by atoms with Crippen LogP contribution in [0.4, 0.5) is 20.6 Å². The number of rotatable bonds is 5. The van der Waals surface area contributed by atoms with Crippen molar-refractivity contribution in [1.82, 2.24) is 24.9 Å². The molecule has 0 fully saturated rings. The van der Waals surface area contributed by atoms with E-state index in [2.05, 4.69) is 30.9 Å². The van der Waals surface area contributed by atoms with Crippen LogP contribution in [-0.2, 0) is 5.54 Å². The van der Waals surface area contributed by atoms with Gasteiger partial charge in [-0.3, -0.25) is 4.68 Å². The van der Waals surface area contributed by atoms with Gasteiger partial charge in [-0.25, -0.2) is 14.2 Å². The molecule has 170 valence electrons. The van der Waals surface area contributed by atoms with Crippen LogP contribution in [0, 0.1) is 12.7 Å². The first-order valence-corrected chi connectivity index (χ1v) is 10.0. The molecule has 11 heteroatoms. The van der Waals surface area contributed by atoms with Gasteiger partial charge in [0.2, 0.25) is 17.5 Å². The summed E-state index contributed by atoms with van der Waals surface area (Å²) in [5.41, 5.74) is 0.874. The Labute approximate surface area is 188 Å². The largest absolute Gasteiger partial charge is 0.439 e. The summed E-state index contributed by atoms with van der Waals surface area (Å²) < 4.78 is 26.9. The van der Waals surface area contributed by atoms with Crippen molar-refractivity contribution in [2.24, 2.45) is 0 Å². The number of carbonyl (C=O) groups is 1. The lowest BCUT2D eigenvalue weighted by molar-refractivity contribution is 0.262. The molecule has 3 aromatic heterocycles. The molecule has 0 saturated heterocycles. The van der Waals surface area contributed by atoms with Crippen molar-refractivity contribution >= 4 is 17.4 Å². The zero-order valence-electron chi connectivity index (χ0n) is 18.5. The Morgan fingerprint density at radius 1 is 1.18 bits per heavy atom. The highest BCUT2D eigenvalue weighted by atomic mass is 19.1. The molecule has 33 heavy (non-hydrogen) atoms. The Morgan fingerprint density at radius 2 is 2.00 bits per heavy atom. The monoisotopic (exact) mass is 451 g/mol. The number of aromatic nitrogens is 5. The average Bonchev–Trinajstić information content (AvgIpc) is 3.40. The van der Waals surface area contributed by atoms with Crippen molar-refractivity contribution < 1.29 is 18.4 Å². The van der Waals surface area contributed by atoms with Gasteiger partial charge in [-0.1, -0.05) is 5.16 Å². The maximum Gasteiger partial charge on any atom is 0.323 e. The molecule has 0 atom stereocenters. The number of nitrogens with one attached hydrogen (secondary N) is 2. The van der Waals surface area contributed by atoms with Gasteiger partial charge >= 0.3 is 6.03 Å². The minimum absolute atomic E-state index is 0.0617. The van der Waals surface area contributed by atoms with Crippen LogP contribution < -0.4 is 15.4 Å². The normalized spacial score (nSPS) is 11.3. The number of carbonyl (C=O) groups excluding carboxylic acids is 1. The summed E-state index contributed by atoms with van der Waals surface area (Å²) in [6, 6.07) is 6.58. The Hall–Kier alpha value is -4.28. The van der Waals surface area contributed by atoms with Gasteiger partial charge < -0.3 is 19.9 Å². The summed E-state index contributed by atoms with van der Waals surface area (Å²) in [6.45, 7) is 7.74. The lowest BCUT2D eigenvalue weighted by Gasteiger charge is -2.18. The van der Waals surface area contributed by atoms with Crippen molar-refractivity contribution in [2.45, 2.75) is 33.2 Å². The number of halogens is 1. The van der Waals surface area contributed by atoms with E-state index in [0.717, 1.165) is 0 Å². The molecule has 10 nitrogen and oxygen atoms in total. The van der Waals surface area contributed by atoms with Crippen molar-refractivity contribution in [3.63, 3.8) is 0 Å². The molecule has 2 amide bonds. The average molecular weight is 451 g/mol. The molecule has 4 aromatic rings. The molecule has 0 radical (unpaired) electrons. The summed E-state index contributed by atoms with van der Waals surface area (Å²) in [6.07, 6.45) is 4.71. The molecule has 3 heterocycles. The number of aryl methyl sites for hydroxylation is 1. The van der Waals surface area contributed by atoms with Gasteiger partial charge in [-0.15, -0.1) is 0 Å². The highest BCUT2D eigenvalue weighted by Crippen LogP contribution is 2.27. The van der Waals surface area contributed by atoms with Crippen molar-refractivity contribution in [1.29, 1.82) is 0 Å². The number of amides is 2. The van der Waals surface area contributed by atoms with Gasteiger partial charge in [0.25, 0.3) is 0 Å². The van der Waals surface area contributed by atoms with E-state index in [4.69, 9.17) is 9.26 Å². The number of benzene rings is 1. The summed E-state index contributed by atoms with van der Waals surface area (Å²) >= 11 is 0. The maximum absolute atomic E-state index is 14.3. The zero-order chi connectivity index (χ0) is 23.6. The fourth-order valence-electron chi connectivity index (χ4n) is 2.81. The Balaban J connectivity index is 1.46. The minimum atomic E-state index is -0.622. The highest BCUT2D eigenvalue weighted by molar-refractivity contribution is 5.99. The van der Waals surface area contributed by atoms with Crippen molar-refractivity contribution in [3.8, 4) is 23.2 Å². The predicted molar refractivity (Wildman–Crippen MR) is 119 cm³/mol. The second-order valence-electron chi connectivity index (χ2n) is 8.22. The molecule has 0 aliphatic heterocycles. The van der Waals surface area contributed by atoms with Crippen LogP contribution in [0.2, 0.25) is 0 Å². The zero-order valence-corrected chi connectivity index (χ0v) is 18.5. The van der Waals surface area contributed by atoms with Crippen LogP contribution in [0.25, 0.3) is 11.6 Å². The van der Waals surface area contributed by atoms with Crippen LogP contribution in [0.15, 0.2) is 53.4 Å². The molecule has 4 rings (SSSR count). The Kier molecular flexibility index (Phi) is 5.78. The van der Waals surface area contributed by atoms with E-state index in [-0.39, 0.29) is 22.9 Å². The summed E-state index contributed by atoms with van der Waals surface area (Å²) in [4.78, 5) is 20.8. The first-order valence-electron chi connectivity index (χ1n) is 10.0. The maximum atomic E-state index is 14.3. The molecular formula is C22H22FN7O3. The minimum Gasteiger partial charge on any atom is -0.439 e. The Morgan fingerprint density at radius 3 is 2.70 bits per heavy atom. The molecule has 0 spiro atoms. The highest BCUT2D eigenvalue weighted by Gasteiger charge is 2.16. The second kappa shape index (κ2) is 8.69. The third kappa shape index (κ3) is 5.32.